The van der Waals surface area contributed by atoms with Gasteiger partial charge in [-0.15, -0.1) is 0 Å². The van der Waals surface area contributed by atoms with Gasteiger partial charge in [-0.3, -0.25) is 4.79 Å². The lowest BCUT2D eigenvalue weighted by Gasteiger charge is -2.23. The van der Waals surface area contributed by atoms with Crippen molar-refractivity contribution in [3.63, 3.8) is 0 Å². The average molecular weight is 345 g/mol. The molecule has 0 heterocycles. The van der Waals surface area contributed by atoms with E-state index in [-0.39, 0.29) is 10.7 Å². The first-order valence-electron chi connectivity index (χ1n) is 7.84. The topological polar surface area (TPSA) is 63.2 Å². The zero-order valence-electron chi connectivity index (χ0n) is 14.4. The number of rotatable bonds is 5. The molecule has 5 heteroatoms. The van der Waals surface area contributed by atoms with E-state index in [4.69, 9.17) is 0 Å². The molecule has 0 radical (unpaired) electrons. The van der Waals surface area contributed by atoms with Crippen LogP contribution in [0.5, 0.6) is 0 Å². The Kier molecular flexibility index (Phi) is 5.26. The molecule has 1 unspecified atom stereocenters. The van der Waals surface area contributed by atoms with Gasteiger partial charge in [-0.25, -0.2) is 13.1 Å². The maximum atomic E-state index is 12.7. The van der Waals surface area contributed by atoms with E-state index in [9.17, 15) is 13.2 Å². The summed E-state index contributed by atoms with van der Waals surface area (Å²) in [5.41, 5.74) is 0.475. The summed E-state index contributed by atoms with van der Waals surface area (Å²) in [6.45, 7) is 7.09. The number of hydrogen-bond donors (Lipinski definition) is 1. The molecule has 0 bridgehead atoms. The molecule has 24 heavy (non-hydrogen) atoms. The Morgan fingerprint density at radius 1 is 0.958 bits per heavy atom. The van der Waals surface area contributed by atoms with Crippen LogP contribution in [0.4, 0.5) is 0 Å². The Labute approximate surface area is 144 Å². The van der Waals surface area contributed by atoms with Crippen LogP contribution in [0.3, 0.4) is 0 Å². The first-order valence-corrected chi connectivity index (χ1v) is 9.32. The lowest BCUT2D eigenvalue weighted by molar-refractivity contribution is 0.0965. The average Bonchev–Trinajstić information content (AvgIpc) is 2.52. The van der Waals surface area contributed by atoms with Crippen LogP contribution < -0.4 is 4.72 Å². The number of hydrogen-bond acceptors (Lipinski definition) is 3. The molecular formula is C19H23NO3S. The Morgan fingerprint density at radius 2 is 1.50 bits per heavy atom. The van der Waals surface area contributed by atoms with E-state index in [1.165, 1.54) is 6.07 Å². The van der Waals surface area contributed by atoms with E-state index in [0.717, 1.165) is 0 Å². The van der Waals surface area contributed by atoms with Gasteiger partial charge in [0.2, 0.25) is 10.0 Å². The largest absolute Gasteiger partial charge is 0.294 e. The smallest absolute Gasteiger partial charge is 0.241 e. The summed E-state index contributed by atoms with van der Waals surface area (Å²) in [6.07, 6.45) is 0. The molecule has 2 aromatic carbocycles. The summed E-state index contributed by atoms with van der Waals surface area (Å²) >= 11 is 0. The van der Waals surface area contributed by atoms with Crippen LogP contribution in [0, 0.1) is 0 Å². The molecule has 2 rings (SSSR count). The molecule has 0 aromatic heterocycles. The van der Waals surface area contributed by atoms with Crippen LogP contribution >= 0.6 is 0 Å². The fourth-order valence-corrected chi connectivity index (χ4v) is 4.26. The first-order chi connectivity index (χ1) is 11.1. The number of nitrogens with one attached hydrogen (secondary N) is 1. The summed E-state index contributed by atoms with van der Waals surface area (Å²) < 4.78 is 28.1. The van der Waals surface area contributed by atoms with Crippen LogP contribution in [0.25, 0.3) is 0 Å². The SMILES string of the molecule is CC(C(=O)c1ccccc1)c1ccccc1S(=O)(=O)NC(C)(C)C. The van der Waals surface area contributed by atoms with E-state index in [2.05, 4.69) is 4.72 Å². The third-order valence-corrected chi connectivity index (χ3v) is 5.40. The molecule has 0 saturated carbocycles. The fraction of sp³-hybridized carbons (Fsp3) is 0.316. The molecule has 1 N–H and O–H groups in total. The van der Waals surface area contributed by atoms with E-state index in [1.807, 2.05) is 6.07 Å². The number of Topliss-reactive ketones (excluding diaryl/α,β-unsaturated/α-hetero) is 1. The van der Waals surface area contributed by atoms with Crippen LogP contribution in [0.15, 0.2) is 59.5 Å². The second-order valence-corrected chi connectivity index (χ2v) is 8.50. The third kappa shape index (κ3) is 4.30. The minimum Gasteiger partial charge on any atom is -0.294 e. The van der Waals surface area contributed by atoms with Crippen LogP contribution in [0.2, 0.25) is 0 Å². The van der Waals surface area contributed by atoms with Gasteiger partial charge in [-0.1, -0.05) is 55.5 Å². The maximum Gasteiger partial charge on any atom is 0.241 e. The van der Waals surface area contributed by atoms with Gasteiger partial charge >= 0.3 is 0 Å². The monoisotopic (exact) mass is 345 g/mol. The normalized spacial score (nSPS) is 13.5. The molecule has 1 atom stereocenters. The van der Waals surface area contributed by atoms with Crippen molar-refractivity contribution < 1.29 is 13.2 Å². The summed E-state index contributed by atoms with van der Waals surface area (Å²) in [6, 6.07) is 15.6. The standard InChI is InChI=1S/C19H23NO3S/c1-14(18(21)15-10-6-5-7-11-15)16-12-8-9-13-17(16)24(22,23)20-19(2,3)4/h5-14,20H,1-4H3. The minimum atomic E-state index is -3.71. The highest BCUT2D eigenvalue weighted by molar-refractivity contribution is 7.89. The third-order valence-electron chi connectivity index (χ3n) is 3.57. The number of benzene rings is 2. The van der Waals surface area contributed by atoms with Gasteiger partial charge in [0.05, 0.1) is 4.90 Å². The predicted octanol–water partition coefficient (Wildman–Crippen LogP) is 3.75. The molecule has 0 saturated heterocycles. The molecule has 4 nitrogen and oxygen atoms in total. The number of carbonyl (C=O) groups is 1. The Hall–Kier alpha value is -1.98. The number of ketones is 1. The Bertz CT molecular complexity index is 821. The maximum absolute atomic E-state index is 12.7. The summed E-state index contributed by atoms with van der Waals surface area (Å²) in [5, 5.41) is 0. The molecule has 0 aliphatic heterocycles. The quantitative estimate of drug-likeness (QED) is 0.840. The highest BCUT2D eigenvalue weighted by atomic mass is 32.2. The molecule has 0 aliphatic rings. The lowest BCUT2D eigenvalue weighted by Crippen LogP contribution is -2.41. The minimum absolute atomic E-state index is 0.103. The summed E-state index contributed by atoms with van der Waals surface area (Å²) in [7, 11) is -3.71. The number of sulfonamides is 1. The van der Waals surface area contributed by atoms with Crippen molar-refractivity contribution in [1.29, 1.82) is 0 Å². The van der Waals surface area contributed by atoms with Gasteiger partial charge in [-0.2, -0.15) is 0 Å². The second kappa shape index (κ2) is 6.87. The van der Waals surface area contributed by atoms with Crippen molar-refractivity contribution in [1.82, 2.24) is 4.72 Å². The van der Waals surface area contributed by atoms with Crippen molar-refractivity contribution >= 4 is 15.8 Å². The molecule has 2 aromatic rings. The van der Waals surface area contributed by atoms with E-state index in [1.54, 1.807) is 70.2 Å². The van der Waals surface area contributed by atoms with E-state index < -0.39 is 21.5 Å². The van der Waals surface area contributed by atoms with Gasteiger partial charge in [0.25, 0.3) is 0 Å². The van der Waals surface area contributed by atoms with Gasteiger partial charge in [0.1, 0.15) is 0 Å². The van der Waals surface area contributed by atoms with E-state index in [0.29, 0.717) is 11.1 Å². The molecule has 128 valence electrons. The molecule has 0 aliphatic carbocycles. The van der Waals surface area contributed by atoms with Crippen LogP contribution in [0.1, 0.15) is 49.5 Å². The predicted molar refractivity (Wildman–Crippen MR) is 95.7 cm³/mol. The zero-order valence-corrected chi connectivity index (χ0v) is 15.2. The Morgan fingerprint density at radius 3 is 2.08 bits per heavy atom. The zero-order chi connectivity index (χ0) is 18.0. The van der Waals surface area contributed by atoms with Crippen molar-refractivity contribution in [2.75, 3.05) is 0 Å². The van der Waals surface area contributed by atoms with Crippen LogP contribution in [-0.4, -0.2) is 19.7 Å². The fourth-order valence-electron chi connectivity index (χ4n) is 2.53. The van der Waals surface area contributed by atoms with Crippen molar-refractivity contribution in [2.45, 2.75) is 44.0 Å². The van der Waals surface area contributed by atoms with Gasteiger partial charge in [-0.05, 0) is 32.4 Å². The highest BCUT2D eigenvalue weighted by Crippen LogP contribution is 2.27. The molecular weight excluding hydrogens is 322 g/mol. The van der Waals surface area contributed by atoms with E-state index >= 15 is 0 Å². The van der Waals surface area contributed by atoms with Crippen molar-refractivity contribution in [3.05, 3.63) is 65.7 Å². The summed E-state index contributed by atoms with van der Waals surface area (Å²) in [4.78, 5) is 12.8. The molecule has 0 spiro atoms. The van der Waals surface area contributed by atoms with Gasteiger partial charge in [0.15, 0.2) is 5.78 Å². The molecule has 0 fully saturated rings. The lowest BCUT2D eigenvalue weighted by atomic mass is 9.92. The number of carbonyl (C=O) groups excluding carboxylic acids is 1. The first kappa shape index (κ1) is 18.4. The second-order valence-electron chi connectivity index (χ2n) is 6.85. The van der Waals surface area contributed by atoms with Gasteiger partial charge in [0, 0.05) is 17.0 Å². The summed E-state index contributed by atoms with van der Waals surface area (Å²) in [5.74, 6) is -0.658. The van der Waals surface area contributed by atoms with Crippen molar-refractivity contribution in [3.8, 4) is 0 Å². The molecule has 0 amide bonds. The highest BCUT2D eigenvalue weighted by Gasteiger charge is 2.28. The van der Waals surface area contributed by atoms with Crippen LogP contribution in [-0.2, 0) is 10.0 Å². The van der Waals surface area contributed by atoms with Gasteiger partial charge < -0.3 is 0 Å². The van der Waals surface area contributed by atoms with Crippen molar-refractivity contribution in [2.24, 2.45) is 0 Å². The Balaban J connectivity index is 2.44.